The molecule has 2 aromatic heterocycles. The van der Waals surface area contributed by atoms with E-state index in [0.717, 1.165) is 5.56 Å². The van der Waals surface area contributed by atoms with Gasteiger partial charge in [-0.3, -0.25) is 4.57 Å². The Morgan fingerprint density at radius 3 is 2.61 bits per heavy atom. The van der Waals surface area contributed by atoms with Gasteiger partial charge in [0.1, 0.15) is 30.5 Å². The van der Waals surface area contributed by atoms with Gasteiger partial charge in [0.05, 0.1) is 19.0 Å². The Hall–Kier alpha value is -2.66. The average molecular weight is 389 g/mol. The van der Waals surface area contributed by atoms with Crippen LogP contribution < -0.4 is 5.32 Å². The number of hydrogen-bond donors (Lipinski definition) is 4. The van der Waals surface area contributed by atoms with Crippen LogP contribution in [0.5, 0.6) is 0 Å². The molecule has 0 bridgehead atoms. The molecule has 3 heterocycles. The van der Waals surface area contributed by atoms with Crippen molar-refractivity contribution in [3.63, 3.8) is 0 Å². The molecule has 0 radical (unpaired) electrons. The molecule has 0 unspecified atom stereocenters. The maximum atomic E-state index is 13.1. The van der Waals surface area contributed by atoms with Crippen molar-refractivity contribution in [3.05, 3.63) is 48.3 Å². The number of aliphatic hydroxyl groups is 3. The topological polar surface area (TPSA) is 126 Å². The number of anilines is 1. The monoisotopic (exact) mass is 389 g/mol. The molecule has 1 aliphatic heterocycles. The summed E-state index contributed by atoms with van der Waals surface area (Å²) in [6.07, 6.45) is -1.50. The summed E-state index contributed by atoms with van der Waals surface area (Å²) in [6.45, 7) is 1.49. The fourth-order valence-corrected chi connectivity index (χ4v) is 3.29. The first kappa shape index (κ1) is 18.7. The van der Waals surface area contributed by atoms with E-state index in [-0.39, 0.29) is 11.9 Å². The lowest BCUT2D eigenvalue weighted by Crippen LogP contribution is -2.33. The molecule has 28 heavy (non-hydrogen) atoms. The number of nitrogens with one attached hydrogen (secondary N) is 1. The lowest BCUT2D eigenvalue weighted by molar-refractivity contribution is -0.0511. The maximum absolute atomic E-state index is 13.1. The van der Waals surface area contributed by atoms with Crippen molar-refractivity contribution in [2.75, 3.05) is 11.9 Å². The molecule has 1 aliphatic rings. The van der Waals surface area contributed by atoms with E-state index < -0.39 is 31.1 Å². The summed E-state index contributed by atoms with van der Waals surface area (Å²) >= 11 is 0. The summed E-state index contributed by atoms with van der Waals surface area (Å²) in [6, 6.07) is 5.98. The van der Waals surface area contributed by atoms with Gasteiger partial charge in [0, 0.05) is 0 Å². The number of benzene rings is 1. The SMILES string of the molecule is C[C@@H](Nc1ncnc2c1ncn2[C@@H]1O[C@H](CO)[C@@H](O)[C@H]1O)c1ccc(F)cc1. The van der Waals surface area contributed by atoms with Crippen molar-refractivity contribution in [3.8, 4) is 0 Å². The molecule has 3 aromatic rings. The van der Waals surface area contributed by atoms with Crippen LogP contribution in [0.4, 0.5) is 10.2 Å². The van der Waals surface area contributed by atoms with Crippen LogP contribution in [0.25, 0.3) is 11.2 Å². The molecule has 1 aromatic carbocycles. The minimum atomic E-state index is -1.24. The first-order valence-electron chi connectivity index (χ1n) is 8.81. The Kier molecular flexibility index (Phi) is 4.94. The lowest BCUT2D eigenvalue weighted by Gasteiger charge is -2.17. The zero-order valence-electron chi connectivity index (χ0n) is 15.0. The van der Waals surface area contributed by atoms with Crippen LogP contribution in [0, 0.1) is 5.82 Å². The van der Waals surface area contributed by atoms with Gasteiger partial charge in [0.2, 0.25) is 0 Å². The highest BCUT2D eigenvalue weighted by Crippen LogP contribution is 2.32. The highest BCUT2D eigenvalue weighted by molar-refractivity contribution is 5.82. The van der Waals surface area contributed by atoms with Crippen LogP contribution in [0.3, 0.4) is 0 Å². The van der Waals surface area contributed by atoms with Crippen LogP contribution in [0.15, 0.2) is 36.9 Å². The Balaban J connectivity index is 1.63. The first-order chi connectivity index (χ1) is 13.5. The Labute approximate surface area is 159 Å². The molecule has 1 fully saturated rings. The Morgan fingerprint density at radius 1 is 1.18 bits per heavy atom. The quantitative estimate of drug-likeness (QED) is 0.504. The fraction of sp³-hybridized carbons (Fsp3) is 0.389. The molecule has 4 N–H and O–H groups in total. The van der Waals surface area contributed by atoms with E-state index in [1.54, 1.807) is 12.1 Å². The molecule has 10 heteroatoms. The highest BCUT2D eigenvalue weighted by Gasteiger charge is 2.44. The summed E-state index contributed by atoms with van der Waals surface area (Å²) in [5, 5.41) is 32.7. The zero-order chi connectivity index (χ0) is 19.8. The Bertz CT molecular complexity index is 966. The number of aliphatic hydroxyl groups excluding tert-OH is 3. The number of nitrogens with zero attached hydrogens (tertiary/aromatic N) is 4. The first-order valence-corrected chi connectivity index (χ1v) is 8.81. The van der Waals surface area contributed by atoms with Crippen molar-refractivity contribution in [1.82, 2.24) is 19.5 Å². The predicted molar refractivity (Wildman–Crippen MR) is 96.8 cm³/mol. The van der Waals surface area contributed by atoms with Crippen molar-refractivity contribution in [1.29, 1.82) is 0 Å². The van der Waals surface area contributed by atoms with Crippen LogP contribution in [0.1, 0.15) is 24.8 Å². The highest BCUT2D eigenvalue weighted by atomic mass is 19.1. The van der Waals surface area contributed by atoms with Crippen molar-refractivity contribution in [2.24, 2.45) is 0 Å². The van der Waals surface area contributed by atoms with E-state index in [1.165, 1.54) is 29.4 Å². The summed E-state index contributed by atoms with van der Waals surface area (Å²) in [5.74, 6) is 0.157. The van der Waals surface area contributed by atoms with Crippen molar-refractivity contribution < 1.29 is 24.4 Å². The number of aromatic nitrogens is 4. The molecular weight excluding hydrogens is 369 g/mol. The van der Waals surface area contributed by atoms with Crippen LogP contribution >= 0.6 is 0 Å². The van der Waals surface area contributed by atoms with Gasteiger partial charge >= 0.3 is 0 Å². The molecule has 5 atom stereocenters. The average Bonchev–Trinajstić information content (AvgIpc) is 3.24. The predicted octanol–water partition coefficient (Wildman–Crippen LogP) is 0.750. The smallest absolute Gasteiger partial charge is 0.167 e. The number of halogens is 1. The second-order valence-electron chi connectivity index (χ2n) is 6.69. The molecule has 9 nitrogen and oxygen atoms in total. The lowest BCUT2D eigenvalue weighted by atomic mass is 10.1. The molecule has 0 spiro atoms. The number of hydrogen-bond acceptors (Lipinski definition) is 8. The minimum Gasteiger partial charge on any atom is -0.394 e. The molecular formula is C18H20FN5O4. The largest absolute Gasteiger partial charge is 0.394 e. The van der Waals surface area contributed by atoms with E-state index in [0.29, 0.717) is 17.0 Å². The van der Waals surface area contributed by atoms with Gasteiger partial charge in [-0.1, -0.05) is 12.1 Å². The second kappa shape index (κ2) is 7.40. The molecule has 4 rings (SSSR count). The fourth-order valence-electron chi connectivity index (χ4n) is 3.29. The van der Waals surface area contributed by atoms with Crippen molar-refractivity contribution >= 4 is 17.0 Å². The third kappa shape index (κ3) is 3.20. The van der Waals surface area contributed by atoms with Gasteiger partial charge in [0.25, 0.3) is 0 Å². The minimum absolute atomic E-state index is 0.169. The van der Waals surface area contributed by atoms with Crippen LogP contribution in [0.2, 0.25) is 0 Å². The molecule has 148 valence electrons. The summed E-state index contributed by atoms with van der Waals surface area (Å²) in [7, 11) is 0. The Morgan fingerprint density at radius 2 is 1.93 bits per heavy atom. The summed E-state index contributed by atoms with van der Waals surface area (Å²) < 4.78 is 20.2. The maximum Gasteiger partial charge on any atom is 0.167 e. The van der Waals surface area contributed by atoms with Crippen LogP contribution in [-0.4, -0.2) is 59.8 Å². The van der Waals surface area contributed by atoms with E-state index >= 15 is 0 Å². The van der Waals surface area contributed by atoms with E-state index in [1.807, 2.05) is 6.92 Å². The standard InChI is InChI=1S/C18H20FN5O4/c1-9(10-2-4-11(19)5-3-10)23-16-13-17(21-7-20-16)24(8-22-13)18-15(27)14(26)12(6-25)28-18/h2-5,7-9,12,14-15,18,25-27H,6H2,1H3,(H,20,21,23)/t9-,12-,14-,15-,18-/m1/s1. The zero-order valence-corrected chi connectivity index (χ0v) is 15.0. The van der Waals surface area contributed by atoms with Crippen LogP contribution in [-0.2, 0) is 4.74 Å². The third-order valence-corrected chi connectivity index (χ3v) is 4.87. The van der Waals surface area contributed by atoms with E-state index in [4.69, 9.17) is 4.74 Å². The normalized spacial score (nSPS) is 25.9. The molecule has 0 amide bonds. The van der Waals surface area contributed by atoms with Gasteiger partial charge in [0.15, 0.2) is 23.2 Å². The van der Waals surface area contributed by atoms with Gasteiger partial charge in [-0.05, 0) is 24.6 Å². The number of fused-ring (bicyclic) bond motifs is 1. The third-order valence-electron chi connectivity index (χ3n) is 4.87. The summed E-state index contributed by atoms with van der Waals surface area (Å²) in [5.41, 5.74) is 1.73. The van der Waals surface area contributed by atoms with E-state index in [2.05, 4.69) is 20.3 Å². The molecule has 0 saturated carbocycles. The summed E-state index contributed by atoms with van der Waals surface area (Å²) in [4.78, 5) is 12.8. The number of rotatable bonds is 5. The number of ether oxygens (including phenoxy) is 1. The van der Waals surface area contributed by atoms with E-state index in [9.17, 15) is 19.7 Å². The van der Waals surface area contributed by atoms with Gasteiger partial charge in [-0.2, -0.15) is 0 Å². The van der Waals surface area contributed by atoms with Gasteiger partial charge < -0.3 is 25.4 Å². The molecule has 1 saturated heterocycles. The van der Waals surface area contributed by atoms with Crippen molar-refractivity contribution in [2.45, 2.75) is 37.5 Å². The van der Waals surface area contributed by atoms with Gasteiger partial charge in [-0.25, -0.2) is 19.3 Å². The second-order valence-corrected chi connectivity index (χ2v) is 6.69. The van der Waals surface area contributed by atoms with Gasteiger partial charge in [-0.15, -0.1) is 0 Å². The number of imidazole rings is 1. The molecule has 0 aliphatic carbocycles.